The predicted molar refractivity (Wildman–Crippen MR) is 72.1 cm³/mol. The van der Waals surface area contributed by atoms with E-state index in [0.717, 1.165) is 24.3 Å². The van der Waals surface area contributed by atoms with Gasteiger partial charge in [-0.25, -0.2) is 0 Å². The highest BCUT2D eigenvalue weighted by Crippen LogP contribution is 2.28. The minimum atomic E-state index is -0.334. The number of nitro groups is 1. The second-order valence-corrected chi connectivity index (χ2v) is 5.04. The zero-order valence-electron chi connectivity index (χ0n) is 11.0. The summed E-state index contributed by atoms with van der Waals surface area (Å²) in [6.07, 6.45) is 0. The Morgan fingerprint density at radius 1 is 1.44 bits per heavy atom. The van der Waals surface area contributed by atoms with E-state index >= 15 is 0 Å². The Hall–Kier alpha value is -1.62. The number of rotatable bonds is 2. The lowest BCUT2D eigenvalue weighted by atomic mass is 10.1. The first-order chi connectivity index (χ1) is 8.49. The van der Waals surface area contributed by atoms with Crippen LogP contribution < -0.4 is 10.2 Å². The van der Waals surface area contributed by atoms with Gasteiger partial charge < -0.3 is 10.2 Å². The molecule has 1 fully saturated rings. The molecule has 1 N–H and O–H groups in total. The fourth-order valence-corrected chi connectivity index (χ4v) is 2.38. The van der Waals surface area contributed by atoms with Crippen LogP contribution >= 0.6 is 0 Å². The van der Waals surface area contributed by atoms with Crippen LogP contribution in [0.5, 0.6) is 0 Å². The molecule has 1 heterocycles. The third kappa shape index (κ3) is 2.46. The zero-order valence-corrected chi connectivity index (χ0v) is 11.0. The van der Waals surface area contributed by atoms with E-state index in [0.29, 0.717) is 12.1 Å². The highest BCUT2D eigenvalue weighted by Gasteiger charge is 2.24. The molecule has 0 radical (unpaired) electrons. The number of nitrogens with zero attached hydrogens (tertiary/aromatic N) is 2. The summed E-state index contributed by atoms with van der Waals surface area (Å²) < 4.78 is 0. The Morgan fingerprint density at radius 2 is 2.17 bits per heavy atom. The van der Waals surface area contributed by atoms with E-state index in [2.05, 4.69) is 24.1 Å². The lowest BCUT2D eigenvalue weighted by Crippen LogP contribution is -2.54. The lowest BCUT2D eigenvalue weighted by Gasteiger charge is -2.39. The van der Waals surface area contributed by atoms with Crippen molar-refractivity contribution in [3.05, 3.63) is 33.9 Å². The summed E-state index contributed by atoms with van der Waals surface area (Å²) >= 11 is 0. The summed E-state index contributed by atoms with van der Waals surface area (Å²) in [5, 5.41) is 14.3. The number of non-ortho nitro benzene ring substituents is 1. The normalized spacial score (nSPS) is 24.1. The molecule has 0 amide bonds. The van der Waals surface area contributed by atoms with E-state index < -0.39 is 0 Å². The summed E-state index contributed by atoms with van der Waals surface area (Å²) in [5.41, 5.74) is 2.22. The molecule has 2 rings (SSSR count). The van der Waals surface area contributed by atoms with Crippen LogP contribution in [0.4, 0.5) is 11.4 Å². The Kier molecular flexibility index (Phi) is 3.52. The molecule has 1 aromatic rings. The van der Waals surface area contributed by atoms with Gasteiger partial charge >= 0.3 is 0 Å². The molecule has 1 aromatic carbocycles. The highest BCUT2D eigenvalue weighted by atomic mass is 16.6. The molecule has 2 atom stereocenters. The molecule has 0 saturated carbocycles. The zero-order chi connectivity index (χ0) is 13.3. The van der Waals surface area contributed by atoms with Crippen molar-refractivity contribution < 1.29 is 4.92 Å². The SMILES string of the molecule is Cc1ccc([N+](=O)[O-])cc1N1CC(C)NCC1C. The van der Waals surface area contributed by atoms with E-state index in [9.17, 15) is 10.1 Å². The van der Waals surface area contributed by atoms with Crippen molar-refractivity contribution in [1.82, 2.24) is 5.32 Å². The van der Waals surface area contributed by atoms with Crippen LogP contribution in [0.25, 0.3) is 0 Å². The molecular weight excluding hydrogens is 230 g/mol. The molecule has 0 aromatic heterocycles. The fraction of sp³-hybridized carbons (Fsp3) is 0.538. The number of piperazine rings is 1. The molecule has 2 unspecified atom stereocenters. The lowest BCUT2D eigenvalue weighted by molar-refractivity contribution is -0.384. The number of nitrogens with one attached hydrogen (secondary N) is 1. The van der Waals surface area contributed by atoms with Gasteiger partial charge in [-0.1, -0.05) is 6.07 Å². The summed E-state index contributed by atoms with van der Waals surface area (Å²) in [7, 11) is 0. The van der Waals surface area contributed by atoms with Crippen LogP contribution in [0, 0.1) is 17.0 Å². The van der Waals surface area contributed by atoms with Crippen LogP contribution in [0.1, 0.15) is 19.4 Å². The van der Waals surface area contributed by atoms with E-state index in [1.165, 1.54) is 0 Å². The smallest absolute Gasteiger partial charge is 0.271 e. The molecule has 0 spiro atoms. The first-order valence-electron chi connectivity index (χ1n) is 6.24. The third-order valence-electron chi connectivity index (χ3n) is 3.48. The van der Waals surface area contributed by atoms with Crippen molar-refractivity contribution in [2.75, 3.05) is 18.0 Å². The first kappa shape index (κ1) is 12.8. The molecule has 5 heteroatoms. The van der Waals surface area contributed by atoms with Gasteiger partial charge in [0.1, 0.15) is 0 Å². The van der Waals surface area contributed by atoms with E-state index in [4.69, 9.17) is 0 Å². The molecule has 5 nitrogen and oxygen atoms in total. The van der Waals surface area contributed by atoms with Crippen LogP contribution in [-0.2, 0) is 0 Å². The van der Waals surface area contributed by atoms with Crippen LogP contribution in [0.15, 0.2) is 18.2 Å². The van der Waals surface area contributed by atoms with E-state index in [-0.39, 0.29) is 10.6 Å². The number of hydrogen-bond acceptors (Lipinski definition) is 4. The third-order valence-corrected chi connectivity index (χ3v) is 3.48. The standard InChI is InChI=1S/C13H19N3O2/c1-9-4-5-12(16(17)18)6-13(9)15-8-10(2)14-7-11(15)3/h4-6,10-11,14H,7-8H2,1-3H3. The minimum Gasteiger partial charge on any atom is -0.366 e. The Labute approximate surface area is 107 Å². The van der Waals surface area contributed by atoms with Crippen molar-refractivity contribution in [2.45, 2.75) is 32.9 Å². The van der Waals surface area contributed by atoms with E-state index in [1.807, 2.05) is 13.0 Å². The highest BCUT2D eigenvalue weighted by molar-refractivity contribution is 5.59. The number of aryl methyl sites for hydroxylation is 1. The summed E-state index contributed by atoms with van der Waals surface area (Å²) in [4.78, 5) is 12.8. The van der Waals surface area contributed by atoms with Gasteiger partial charge in [0, 0.05) is 43.0 Å². The van der Waals surface area contributed by atoms with Crippen LogP contribution in [0.2, 0.25) is 0 Å². The topological polar surface area (TPSA) is 58.4 Å². The van der Waals surface area contributed by atoms with Gasteiger partial charge in [0.05, 0.1) is 4.92 Å². The van der Waals surface area contributed by atoms with Gasteiger partial charge in [0.2, 0.25) is 0 Å². The van der Waals surface area contributed by atoms with Crippen LogP contribution in [-0.4, -0.2) is 30.1 Å². The molecule has 0 aliphatic carbocycles. The largest absolute Gasteiger partial charge is 0.366 e. The van der Waals surface area contributed by atoms with Gasteiger partial charge in [-0.3, -0.25) is 10.1 Å². The summed E-state index contributed by atoms with van der Waals surface area (Å²) in [6.45, 7) is 8.05. The maximum atomic E-state index is 10.9. The quantitative estimate of drug-likeness (QED) is 0.644. The minimum absolute atomic E-state index is 0.161. The Morgan fingerprint density at radius 3 is 2.83 bits per heavy atom. The second-order valence-electron chi connectivity index (χ2n) is 5.04. The molecule has 0 bridgehead atoms. The summed E-state index contributed by atoms with van der Waals surface area (Å²) in [6, 6.07) is 5.83. The maximum absolute atomic E-state index is 10.9. The van der Waals surface area contributed by atoms with E-state index in [1.54, 1.807) is 12.1 Å². The van der Waals surface area contributed by atoms with Crippen molar-refractivity contribution in [3.8, 4) is 0 Å². The molecule has 1 aliphatic rings. The second kappa shape index (κ2) is 4.94. The molecule has 1 aliphatic heterocycles. The van der Waals surface area contributed by atoms with Crippen LogP contribution in [0.3, 0.4) is 0 Å². The molecule has 98 valence electrons. The van der Waals surface area contributed by atoms with Gasteiger partial charge in [-0.15, -0.1) is 0 Å². The number of hydrogen-bond donors (Lipinski definition) is 1. The molecular formula is C13H19N3O2. The van der Waals surface area contributed by atoms with Gasteiger partial charge in [-0.05, 0) is 26.3 Å². The monoisotopic (exact) mass is 249 g/mol. The summed E-state index contributed by atoms with van der Waals surface area (Å²) in [5.74, 6) is 0. The van der Waals surface area contributed by atoms with Gasteiger partial charge in [0.15, 0.2) is 0 Å². The number of benzene rings is 1. The Bertz CT molecular complexity index is 462. The average molecular weight is 249 g/mol. The fourth-order valence-electron chi connectivity index (χ4n) is 2.38. The van der Waals surface area contributed by atoms with Gasteiger partial charge in [0.25, 0.3) is 5.69 Å². The van der Waals surface area contributed by atoms with Crippen molar-refractivity contribution >= 4 is 11.4 Å². The number of anilines is 1. The Balaban J connectivity index is 2.36. The number of nitro benzene ring substituents is 1. The van der Waals surface area contributed by atoms with Crippen molar-refractivity contribution in [2.24, 2.45) is 0 Å². The van der Waals surface area contributed by atoms with Crippen molar-refractivity contribution in [3.63, 3.8) is 0 Å². The predicted octanol–water partition coefficient (Wildman–Crippen LogP) is 2.09. The molecule has 18 heavy (non-hydrogen) atoms. The van der Waals surface area contributed by atoms with Gasteiger partial charge in [-0.2, -0.15) is 0 Å². The maximum Gasteiger partial charge on any atom is 0.271 e. The average Bonchev–Trinajstić information content (AvgIpc) is 2.33. The van der Waals surface area contributed by atoms with Crippen molar-refractivity contribution in [1.29, 1.82) is 0 Å². The first-order valence-corrected chi connectivity index (χ1v) is 6.24. The molecule has 1 saturated heterocycles.